The zero-order chi connectivity index (χ0) is 66.7. The monoisotopic (exact) mass is 1300 g/mol. The second-order valence-corrected chi connectivity index (χ2v) is 26.6. The van der Waals surface area contributed by atoms with E-state index in [-0.39, 0.29) is 89.8 Å². The van der Waals surface area contributed by atoms with Crippen LogP contribution in [0.2, 0.25) is 10.0 Å². The summed E-state index contributed by atoms with van der Waals surface area (Å²) in [5, 5.41) is 17.1. The standard InChI is InChI=1S/C66H90Cl2FN5O16/c1-36(2)44(31-43(75)21-13-14-24-64(6,7)90-62(82)41-19-16-20-41)59(79)72-48(22-17-25-71-63(70)83)50(76)30-42-29-46(67)45(32-47(42)69)60(80)73(9)39(5)61(81)88-54-33-55(77)74(10)49-27-40(28-51(85-11)57(49)68)26-37(3)18-15-23-53(86-12)66(84)34-52(87-56(78)35-66)38(4)58-65(54,8)89-58/h15,18,23,27-29,32,36,38-39,41,44,48,52-54,58,84H,13-14,16-17,19-22,24-26,30-31,33-35H2,1-12H3,(H,72,79)(H3,70,71,83)/b23-15+,37-18+/t38-,39+,44+,48+,52+,53-,54+,58+,65+,66-/m1/s1. The number of nitrogens with two attached hydrogens (primary N) is 1. The molecule has 0 spiro atoms. The smallest absolute Gasteiger partial charge is 0.328 e. The number of ether oxygens (including phenoxy) is 6. The molecule has 24 heteroatoms. The lowest BCUT2D eigenvalue weighted by atomic mass is 9.78. The number of urea groups is 1. The number of hydrogen-bond acceptors (Lipinski definition) is 16. The Morgan fingerprint density at radius 2 is 1.72 bits per heavy atom. The molecule has 90 heavy (non-hydrogen) atoms. The average Bonchev–Trinajstić information content (AvgIpc) is 1.57. The van der Waals surface area contributed by atoms with Crippen LogP contribution in [0.3, 0.4) is 0 Å². The van der Waals surface area contributed by atoms with Gasteiger partial charge in [0.2, 0.25) is 11.8 Å². The first-order valence-corrected chi connectivity index (χ1v) is 31.6. The lowest BCUT2D eigenvalue weighted by molar-refractivity contribution is -0.187. The number of esters is 3. The number of anilines is 1. The summed E-state index contributed by atoms with van der Waals surface area (Å²) in [4.78, 5) is 124. The van der Waals surface area contributed by atoms with Crippen LogP contribution in [0.5, 0.6) is 5.75 Å². The van der Waals surface area contributed by atoms with Crippen molar-refractivity contribution in [2.24, 2.45) is 29.4 Å². The van der Waals surface area contributed by atoms with E-state index in [2.05, 4.69) is 10.6 Å². The molecule has 496 valence electrons. The van der Waals surface area contributed by atoms with Gasteiger partial charge in [0.1, 0.15) is 63.5 Å². The maximum absolute atomic E-state index is 16.3. The van der Waals surface area contributed by atoms with E-state index >= 15 is 4.39 Å². The molecule has 3 fully saturated rings. The predicted octanol–water partition coefficient (Wildman–Crippen LogP) is 8.83. The van der Waals surface area contributed by atoms with E-state index in [1.807, 2.05) is 26.8 Å². The fourth-order valence-corrected chi connectivity index (χ4v) is 12.4. The molecule has 3 aliphatic heterocycles. The number of rotatable bonds is 25. The van der Waals surface area contributed by atoms with Crippen molar-refractivity contribution in [3.8, 4) is 5.75 Å². The number of methoxy groups -OCH3 is 2. The van der Waals surface area contributed by atoms with E-state index < -0.39 is 125 Å². The number of allylic oxidation sites excluding steroid dienone is 3. The van der Waals surface area contributed by atoms with E-state index in [0.29, 0.717) is 37.1 Å². The highest BCUT2D eigenvalue weighted by Gasteiger charge is 2.64. The molecule has 0 aromatic heterocycles. The Morgan fingerprint density at radius 3 is 2.36 bits per heavy atom. The van der Waals surface area contributed by atoms with Crippen LogP contribution >= 0.6 is 23.2 Å². The van der Waals surface area contributed by atoms with E-state index in [1.54, 1.807) is 52.0 Å². The van der Waals surface area contributed by atoms with Crippen LogP contribution in [0.1, 0.15) is 160 Å². The van der Waals surface area contributed by atoms with Gasteiger partial charge < -0.3 is 59.7 Å². The molecule has 2 aromatic rings. The number of halogens is 3. The number of benzene rings is 2. The summed E-state index contributed by atoms with van der Waals surface area (Å²) in [5.74, 6) is -7.28. The molecule has 1 saturated carbocycles. The van der Waals surface area contributed by atoms with Crippen molar-refractivity contribution in [3.63, 3.8) is 0 Å². The first-order valence-electron chi connectivity index (χ1n) is 30.9. The minimum absolute atomic E-state index is 0.00511. The van der Waals surface area contributed by atoms with Crippen LogP contribution in [0.25, 0.3) is 0 Å². The third-order valence-corrected chi connectivity index (χ3v) is 18.7. The summed E-state index contributed by atoms with van der Waals surface area (Å²) in [5.41, 5.74) is 2.77. The molecule has 6 rings (SSSR count). The third kappa shape index (κ3) is 18.6. The minimum atomic E-state index is -1.69. The SMILES string of the molecule is COc1cc2cc(c1Cl)N(C)C(=O)C[C@H](OC(=O)[C@H](C)N(C)C(=O)c1cc(F)c(CC(=O)[C@H](CCCNC(N)=O)NC(=O)[C@@H](CC(=O)CCCCC(C)(C)OC(=O)C3CCC3)C(C)C)cc1Cl)[C@]1(C)O[C@H]1[C@H](C)[C@@H]1C[C@@](O)(CC(=O)O1)[C@H](OC)/C=C/C=C(\C)C2. The molecule has 3 heterocycles. The van der Waals surface area contributed by atoms with Crippen LogP contribution in [-0.4, -0.2) is 151 Å². The summed E-state index contributed by atoms with van der Waals surface area (Å²) in [6.45, 7) is 13.9. The van der Waals surface area contributed by atoms with Gasteiger partial charge in [-0.2, -0.15) is 0 Å². The van der Waals surface area contributed by atoms with Gasteiger partial charge in [-0.3, -0.25) is 33.6 Å². The van der Waals surface area contributed by atoms with Gasteiger partial charge in [-0.05, 0) is 127 Å². The Balaban J connectivity index is 1.17. The molecular formula is C66H90Cl2FN5O16. The molecule has 0 unspecified atom stereocenters. The van der Waals surface area contributed by atoms with Gasteiger partial charge in [-0.1, -0.05) is 74.2 Å². The number of nitrogens with zero attached hydrogens (tertiary/aromatic N) is 2. The Bertz CT molecular complexity index is 3080. The molecular weight excluding hydrogens is 1210 g/mol. The van der Waals surface area contributed by atoms with Crippen molar-refractivity contribution >= 4 is 82.1 Å². The zero-order valence-corrected chi connectivity index (χ0v) is 55.3. The highest BCUT2D eigenvalue weighted by Crippen LogP contribution is 2.50. The largest absolute Gasteiger partial charge is 0.495 e. The van der Waals surface area contributed by atoms with Gasteiger partial charge in [-0.25, -0.2) is 14.0 Å². The van der Waals surface area contributed by atoms with E-state index in [0.717, 1.165) is 47.4 Å². The van der Waals surface area contributed by atoms with Crippen molar-refractivity contribution in [1.29, 1.82) is 0 Å². The van der Waals surface area contributed by atoms with Crippen LogP contribution < -0.4 is 26.0 Å². The van der Waals surface area contributed by atoms with Gasteiger partial charge in [0, 0.05) is 65.3 Å². The summed E-state index contributed by atoms with van der Waals surface area (Å²) < 4.78 is 51.8. The van der Waals surface area contributed by atoms with E-state index in [4.69, 9.17) is 57.4 Å². The summed E-state index contributed by atoms with van der Waals surface area (Å²) >= 11 is 13.6. The Kier molecular flexibility index (Phi) is 25.2. The number of hydrogen-bond donors (Lipinski definition) is 4. The van der Waals surface area contributed by atoms with E-state index in [1.165, 1.54) is 40.1 Å². The van der Waals surface area contributed by atoms with Gasteiger partial charge in [0.05, 0.1) is 54.3 Å². The van der Waals surface area contributed by atoms with Gasteiger partial charge >= 0.3 is 23.9 Å². The number of ketones is 2. The second kappa shape index (κ2) is 31.2. The lowest BCUT2D eigenvalue weighted by Gasteiger charge is -2.41. The second-order valence-electron chi connectivity index (χ2n) is 25.8. The Labute approximate surface area is 536 Å². The normalized spacial score (nSPS) is 25.0. The number of primary amides is 1. The summed E-state index contributed by atoms with van der Waals surface area (Å²) in [6.07, 6.45) is 4.72. The number of carbonyl (C=O) groups is 9. The molecule has 0 radical (unpaired) electrons. The number of fused-ring (bicyclic) bond motifs is 5. The van der Waals surface area contributed by atoms with Crippen LogP contribution in [-0.2, 0) is 70.1 Å². The molecule has 5 N–H and O–H groups in total. The van der Waals surface area contributed by atoms with Crippen molar-refractivity contribution < 1.29 is 81.1 Å². The van der Waals surface area contributed by atoms with Crippen molar-refractivity contribution in [2.45, 2.75) is 205 Å². The summed E-state index contributed by atoms with van der Waals surface area (Å²) in [6, 6.07) is 1.99. The topological polar surface area (TPSA) is 289 Å². The molecule has 5 amide bonds. The predicted molar refractivity (Wildman–Crippen MR) is 334 cm³/mol. The summed E-state index contributed by atoms with van der Waals surface area (Å²) in [7, 11) is 5.64. The quantitative estimate of drug-likeness (QED) is 0.0312. The molecule has 10 atom stereocenters. The Morgan fingerprint density at radius 1 is 1.02 bits per heavy atom. The molecule has 4 bridgehead atoms. The molecule has 2 aromatic carbocycles. The van der Waals surface area contributed by atoms with Crippen molar-refractivity contribution in [3.05, 3.63) is 80.6 Å². The number of aliphatic hydroxyl groups is 1. The molecule has 4 aliphatic rings. The first-order chi connectivity index (χ1) is 42.2. The van der Waals surface area contributed by atoms with Gasteiger partial charge in [0.25, 0.3) is 5.91 Å². The molecule has 2 saturated heterocycles. The number of epoxide rings is 1. The molecule has 1 aliphatic carbocycles. The first kappa shape index (κ1) is 72.6. The van der Waals surface area contributed by atoms with Crippen molar-refractivity contribution in [1.82, 2.24) is 15.5 Å². The van der Waals surface area contributed by atoms with Crippen LogP contribution in [0.15, 0.2) is 48.1 Å². The minimum Gasteiger partial charge on any atom is -0.495 e. The fraction of sp³-hybridized carbons (Fsp3) is 0.621. The van der Waals surface area contributed by atoms with Gasteiger partial charge in [-0.15, -0.1) is 0 Å². The van der Waals surface area contributed by atoms with E-state index in [9.17, 15) is 48.3 Å². The zero-order valence-electron chi connectivity index (χ0n) is 53.8. The molecule has 21 nitrogen and oxygen atoms in total. The highest BCUT2D eigenvalue weighted by molar-refractivity contribution is 6.35. The average molecular weight is 1300 g/mol. The number of Topliss-reactive ketones (excluding diaryl/α,β-unsaturated/α-hetero) is 2. The lowest BCUT2D eigenvalue weighted by Crippen LogP contribution is -2.53. The Hall–Kier alpha value is -6.46. The van der Waals surface area contributed by atoms with Crippen LogP contribution in [0, 0.1) is 29.5 Å². The maximum atomic E-state index is 16.3. The number of amides is 5. The van der Waals surface area contributed by atoms with Crippen LogP contribution in [0.4, 0.5) is 14.9 Å². The highest BCUT2D eigenvalue weighted by atomic mass is 35.5. The number of unbranched alkanes of at least 4 members (excludes halogenated alkanes) is 1. The number of nitrogens with one attached hydrogen (secondary N) is 2. The van der Waals surface area contributed by atoms with Crippen molar-refractivity contribution in [2.75, 3.05) is 39.8 Å². The third-order valence-electron chi connectivity index (χ3n) is 18.0. The van der Waals surface area contributed by atoms with Gasteiger partial charge in [0.15, 0.2) is 5.78 Å². The number of carbonyl (C=O) groups excluding carboxylic acids is 9. The fourth-order valence-electron chi connectivity index (χ4n) is 11.8. The number of likely N-dealkylation sites (N-methyl/N-ethyl adjacent to an activating group) is 1. The maximum Gasteiger partial charge on any atom is 0.328 e.